The molecule has 1 N–H and O–H groups in total. The smallest absolute Gasteiger partial charge is 0.119 e. The van der Waals surface area contributed by atoms with Crippen LogP contribution in [0.15, 0.2) is 24.3 Å². The molecule has 15 heavy (non-hydrogen) atoms. The molecule has 1 aromatic rings. The van der Waals surface area contributed by atoms with Gasteiger partial charge in [-0.2, -0.15) is 0 Å². The molecule has 0 aliphatic rings. The molecule has 0 spiro atoms. The Kier molecular flexibility index (Phi) is 13.4. The second-order valence-electron chi connectivity index (χ2n) is 2.38. The first-order valence-corrected chi connectivity index (χ1v) is 4.97. The zero-order chi connectivity index (χ0) is 12.1. The molecule has 1 rings (SSSR count). The largest absolute Gasteiger partial charge is 0.497 e. The summed E-state index contributed by atoms with van der Waals surface area (Å²) in [6.07, 6.45) is 8.00. The number of hydrogen-bond donors (Lipinski definition) is 1. The summed E-state index contributed by atoms with van der Waals surface area (Å²) in [5.41, 5.74) is 1.24. The summed E-state index contributed by atoms with van der Waals surface area (Å²) >= 11 is 0. The summed E-state index contributed by atoms with van der Waals surface area (Å²) < 4.78 is 5.07. The molecule has 0 heterocycles. The lowest BCUT2D eigenvalue weighted by Gasteiger charge is -2.02. The third-order valence-electron chi connectivity index (χ3n) is 1.52. The Bertz CT molecular complexity index is 256. The minimum Gasteiger partial charge on any atom is -0.497 e. The fourth-order valence-corrected chi connectivity index (χ4v) is 0.987. The molecule has 0 saturated heterocycles. The topological polar surface area (TPSA) is 21.3 Å². The number of nitrogens with one attached hydrogen (secondary N) is 1. The van der Waals surface area contributed by atoms with Gasteiger partial charge in [-0.15, -0.1) is 12.8 Å². The average Bonchev–Trinajstić information content (AvgIpc) is 2.35. The molecule has 0 bridgehead atoms. The van der Waals surface area contributed by atoms with Gasteiger partial charge < -0.3 is 10.1 Å². The van der Waals surface area contributed by atoms with Gasteiger partial charge in [0.05, 0.1) is 7.11 Å². The number of hydrogen-bond acceptors (Lipinski definition) is 2. The van der Waals surface area contributed by atoms with Crippen LogP contribution in [-0.4, -0.2) is 14.2 Å². The summed E-state index contributed by atoms with van der Waals surface area (Å²) in [6, 6.07) is 8.03. The molecule has 0 aromatic heterocycles. The van der Waals surface area contributed by atoms with Crippen molar-refractivity contribution in [1.82, 2.24) is 5.32 Å². The molecule has 0 aliphatic heterocycles. The number of ether oxygens (including phenoxy) is 1. The normalized spacial score (nSPS) is 7.60. The summed E-state index contributed by atoms with van der Waals surface area (Å²) in [5, 5.41) is 3.08. The van der Waals surface area contributed by atoms with E-state index in [0.29, 0.717) is 0 Å². The number of benzene rings is 1. The summed E-state index contributed by atoms with van der Waals surface area (Å²) in [6.45, 7) is 4.89. The van der Waals surface area contributed by atoms with Crippen molar-refractivity contribution in [2.24, 2.45) is 0 Å². The van der Waals surface area contributed by atoms with E-state index in [4.69, 9.17) is 4.74 Å². The monoisotopic (exact) mass is 207 g/mol. The molecule has 2 nitrogen and oxygen atoms in total. The fourth-order valence-electron chi connectivity index (χ4n) is 0.987. The van der Waals surface area contributed by atoms with Crippen LogP contribution in [0.5, 0.6) is 5.75 Å². The Labute approximate surface area is 93.7 Å². The van der Waals surface area contributed by atoms with Crippen molar-refractivity contribution >= 4 is 0 Å². The van der Waals surface area contributed by atoms with Crippen molar-refractivity contribution in [2.45, 2.75) is 20.4 Å². The van der Waals surface area contributed by atoms with Gasteiger partial charge in [-0.1, -0.05) is 26.0 Å². The maximum absolute atomic E-state index is 5.07. The van der Waals surface area contributed by atoms with Crippen LogP contribution in [0.3, 0.4) is 0 Å². The molecule has 0 saturated carbocycles. The molecule has 0 unspecified atom stereocenters. The third-order valence-corrected chi connectivity index (χ3v) is 1.52. The Balaban J connectivity index is 0. The van der Waals surface area contributed by atoms with E-state index < -0.39 is 0 Å². The Hall–Kier alpha value is -1.46. The van der Waals surface area contributed by atoms with Crippen molar-refractivity contribution in [3.8, 4) is 18.6 Å². The van der Waals surface area contributed by atoms with Crippen LogP contribution < -0.4 is 10.1 Å². The lowest BCUT2D eigenvalue weighted by atomic mass is 10.2. The van der Waals surface area contributed by atoms with Gasteiger partial charge in [-0.05, 0) is 24.7 Å². The lowest BCUT2D eigenvalue weighted by molar-refractivity contribution is 0.414. The van der Waals surface area contributed by atoms with Gasteiger partial charge >= 0.3 is 0 Å². The Morgan fingerprint density at radius 3 is 2.33 bits per heavy atom. The summed E-state index contributed by atoms with van der Waals surface area (Å²) in [4.78, 5) is 0. The van der Waals surface area contributed by atoms with Crippen LogP contribution in [-0.2, 0) is 6.54 Å². The van der Waals surface area contributed by atoms with Crippen LogP contribution in [0, 0.1) is 12.8 Å². The van der Waals surface area contributed by atoms with E-state index in [1.54, 1.807) is 7.11 Å². The van der Waals surface area contributed by atoms with E-state index in [1.807, 2.05) is 39.1 Å². The highest BCUT2D eigenvalue weighted by Gasteiger charge is 1.92. The van der Waals surface area contributed by atoms with Gasteiger partial charge in [-0.25, -0.2) is 0 Å². The van der Waals surface area contributed by atoms with E-state index in [2.05, 4.69) is 24.2 Å². The minimum absolute atomic E-state index is 0.886. The second kappa shape index (κ2) is 12.5. The molecular weight excluding hydrogens is 186 g/mol. The zero-order valence-electron chi connectivity index (χ0n) is 10.1. The van der Waals surface area contributed by atoms with Gasteiger partial charge in [0, 0.05) is 6.54 Å². The molecule has 0 atom stereocenters. The zero-order valence-corrected chi connectivity index (χ0v) is 10.1. The highest BCUT2D eigenvalue weighted by molar-refractivity contribution is 5.28. The average molecular weight is 207 g/mol. The quantitative estimate of drug-likeness (QED) is 0.769. The van der Waals surface area contributed by atoms with Crippen molar-refractivity contribution in [3.63, 3.8) is 0 Å². The second-order valence-corrected chi connectivity index (χ2v) is 2.38. The maximum atomic E-state index is 5.07. The summed E-state index contributed by atoms with van der Waals surface area (Å²) in [5.74, 6) is 0.915. The molecule has 0 fully saturated rings. The van der Waals surface area contributed by atoms with Gasteiger partial charge in [0.2, 0.25) is 0 Å². The van der Waals surface area contributed by atoms with Crippen LogP contribution in [0.25, 0.3) is 0 Å². The Morgan fingerprint density at radius 2 is 1.87 bits per heavy atom. The highest BCUT2D eigenvalue weighted by Crippen LogP contribution is 2.11. The molecule has 2 heteroatoms. The number of methoxy groups -OCH3 is 1. The van der Waals surface area contributed by atoms with Crippen molar-refractivity contribution in [3.05, 3.63) is 29.8 Å². The maximum Gasteiger partial charge on any atom is 0.119 e. The molecule has 1 aromatic carbocycles. The Morgan fingerprint density at radius 1 is 1.27 bits per heavy atom. The van der Waals surface area contributed by atoms with Crippen LogP contribution >= 0.6 is 0 Å². The number of terminal acetylenes is 1. The van der Waals surface area contributed by atoms with Gasteiger partial charge in [-0.3, -0.25) is 0 Å². The van der Waals surface area contributed by atoms with Crippen molar-refractivity contribution in [2.75, 3.05) is 14.2 Å². The molecular formula is C13H21NO. The highest BCUT2D eigenvalue weighted by atomic mass is 16.5. The first kappa shape index (κ1) is 16.0. The molecule has 84 valence electrons. The van der Waals surface area contributed by atoms with E-state index in [0.717, 1.165) is 12.3 Å². The third kappa shape index (κ3) is 7.60. The van der Waals surface area contributed by atoms with Crippen molar-refractivity contribution in [1.29, 1.82) is 0 Å². The molecule has 0 aliphatic carbocycles. The first-order chi connectivity index (χ1) is 7.36. The van der Waals surface area contributed by atoms with Gasteiger partial charge in [0.15, 0.2) is 0 Å². The van der Waals surface area contributed by atoms with E-state index >= 15 is 0 Å². The van der Waals surface area contributed by atoms with Crippen LogP contribution in [0.1, 0.15) is 19.4 Å². The van der Waals surface area contributed by atoms with E-state index in [1.165, 1.54) is 5.56 Å². The van der Waals surface area contributed by atoms with E-state index in [-0.39, 0.29) is 0 Å². The van der Waals surface area contributed by atoms with Gasteiger partial charge in [0.25, 0.3) is 0 Å². The molecule has 0 radical (unpaired) electrons. The number of rotatable bonds is 3. The van der Waals surface area contributed by atoms with E-state index in [9.17, 15) is 0 Å². The predicted octanol–water partition coefficient (Wildman–Crippen LogP) is 2.69. The predicted molar refractivity (Wildman–Crippen MR) is 67.0 cm³/mol. The SMILES string of the molecule is C#C.CC.CNCc1cccc(OC)c1. The van der Waals surface area contributed by atoms with Crippen molar-refractivity contribution < 1.29 is 4.74 Å². The van der Waals surface area contributed by atoms with Crippen LogP contribution in [0.2, 0.25) is 0 Å². The lowest BCUT2D eigenvalue weighted by Crippen LogP contribution is -2.04. The minimum atomic E-state index is 0.886. The standard InChI is InChI=1S/C9H13NO.C2H6.C2H2/c1-10-7-8-4-3-5-9(6-8)11-2;2*1-2/h3-6,10H,7H2,1-2H3;1-2H3;1-2H. The van der Waals surface area contributed by atoms with Crippen LogP contribution in [0.4, 0.5) is 0 Å². The fraction of sp³-hybridized carbons (Fsp3) is 0.385. The first-order valence-electron chi connectivity index (χ1n) is 4.97. The van der Waals surface area contributed by atoms with Gasteiger partial charge in [0.1, 0.15) is 5.75 Å². The molecule has 0 amide bonds. The summed E-state index contributed by atoms with van der Waals surface area (Å²) in [7, 11) is 3.61.